The zero-order valence-electron chi connectivity index (χ0n) is 14.5. The van der Waals surface area contributed by atoms with Crippen molar-refractivity contribution < 1.29 is 4.79 Å². The molecule has 0 N–H and O–H groups in total. The van der Waals surface area contributed by atoms with E-state index in [1.807, 2.05) is 22.8 Å². The van der Waals surface area contributed by atoms with Gasteiger partial charge in [0.2, 0.25) is 0 Å². The van der Waals surface area contributed by atoms with Crippen molar-refractivity contribution in [2.24, 2.45) is 7.05 Å². The molecule has 128 valence electrons. The Morgan fingerprint density at radius 2 is 2.17 bits per heavy atom. The first kappa shape index (κ1) is 15.4. The Balaban J connectivity index is 1.55. The second-order valence-corrected chi connectivity index (χ2v) is 6.99. The van der Waals surface area contributed by atoms with Crippen molar-refractivity contribution in [2.75, 3.05) is 13.1 Å². The normalized spacial score (nSPS) is 21.2. The molecule has 0 spiro atoms. The minimum Gasteiger partial charge on any atom is -0.336 e. The topological polar surface area (TPSA) is 56.0 Å². The fraction of sp³-hybridized carbons (Fsp3) is 0.611. The highest BCUT2D eigenvalue weighted by atomic mass is 16.2. The molecule has 0 bridgehead atoms. The van der Waals surface area contributed by atoms with E-state index in [4.69, 9.17) is 0 Å². The number of amides is 1. The third-order valence-electron chi connectivity index (χ3n) is 5.32. The Bertz CT molecular complexity index is 742. The standard InChI is InChI=1S/C18H25N5O/c1-3-16-19-8-10-23(16)14-5-4-9-22(12-14)18(24)15-11-20-21(2)17(15)13-6-7-13/h8,10-11,13-14H,3-7,9,12H2,1-2H3/t14-/m1/s1. The van der Waals surface area contributed by atoms with E-state index in [1.54, 1.807) is 6.20 Å². The number of piperidine rings is 1. The molecule has 2 aromatic rings. The molecule has 1 amide bonds. The number of rotatable bonds is 4. The van der Waals surface area contributed by atoms with Gasteiger partial charge in [0.1, 0.15) is 5.82 Å². The minimum absolute atomic E-state index is 0.146. The number of aryl methyl sites for hydroxylation is 2. The van der Waals surface area contributed by atoms with Gasteiger partial charge in [-0.1, -0.05) is 6.92 Å². The predicted molar refractivity (Wildman–Crippen MR) is 91.0 cm³/mol. The van der Waals surface area contributed by atoms with E-state index in [9.17, 15) is 4.79 Å². The van der Waals surface area contributed by atoms with Crippen LogP contribution in [-0.4, -0.2) is 43.2 Å². The van der Waals surface area contributed by atoms with Crippen molar-refractivity contribution in [1.82, 2.24) is 24.2 Å². The van der Waals surface area contributed by atoms with Crippen LogP contribution < -0.4 is 0 Å². The van der Waals surface area contributed by atoms with E-state index >= 15 is 0 Å². The second-order valence-electron chi connectivity index (χ2n) is 6.99. The van der Waals surface area contributed by atoms with Crippen LogP contribution in [0.3, 0.4) is 0 Å². The first-order valence-corrected chi connectivity index (χ1v) is 9.02. The SMILES string of the molecule is CCc1nccn1[C@@H]1CCCN(C(=O)c2cnn(C)c2C2CC2)C1. The number of aromatic nitrogens is 4. The van der Waals surface area contributed by atoms with Gasteiger partial charge in [-0.05, 0) is 25.7 Å². The average molecular weight is 327 g/mol. The molecule has 3 heterocycles. The average Bonchev–Trinajstić information content (AvgIpc) is 3.19. The molecular weight excluding hydrogens is 302 g/mol. The van der Waals surface area contributed by atoms with Gasteiger partial charge in [0.25, 0.3) is 5.91 Å². The summed E-state index contributed by atoms with van der Waals surface area (Å²) in [7, 11) is 1.95. The van der Waals surface area contributed by atoms with E-state index in [1.165, 1.54) is 12.8 Å². The first-order valence-electron chi connectivity index (χ1n) is 9.02. The van der Waals surface area contributed by atoms with Crippen LogP contribution in [0.1, 0.15) is 66.4 Å². The Morgan fingerprint density at radius 3 is 2.92 bits per heavy atom. The largest absolute Gasteiger partial charge is 0.336 e. The summed E-state index contributed by atoms with van der Waals surface area (Å²) >= 11 is 0. The molecular formula is C18H25N5O. The summed E-state index contributed by atoms with van der Waals surface area (Å²) in [5.74, 6) is 1.78. The molecule has 1 saturated heterocycles. The fourth-order valence-electron chi connectivity index (χ4n) is 3.94. The number of nitrogens with zero attached hydrogens (tertiary/aromatic N) is 5. The fourth-order valence-corrected chi connectivity index (χ4v) is 3.94. The highest BCUT2D eigenvalue weighted by Crippen LogP contribution is 2.41. The molecule has 1 aliphatic carbocycles. The number of carbonyl (C=O) groups is 1. The third kappa shape index (κ3) is 2.64. The van der Waals surface area contributed by atoms with E-state index in [-0.39, 0.29) is 5.91 Å². The summed E-state index contributed by atoms with van der Waals surface area (Å²) in [6.45, 7) is 3.73. The quantitative estimate of drug-likeness (QED) is 0.867. The van der Waals surface area contributed by atoms with Crippen LogP contribution in [-0.2, 0) is 13.5 Å². The molecule has 2 aliphatic rings. The molecule has 0 unspecified atom stereocenters. The van der Waals surface area contributed by atoms with Gasteiger partial charge in [0.05, 0.1) is 23.5 Å². The van der Waals surface area contributed by atoms with Gasteiger partial charge in [0, 0.05) is 44.9 Å². The molecule has 2 aromatic heterocycles. The number of likely N-dealkylation sites (tertiary alicyclic amines) is 1. The van der Waals surface area contributed by atoms with Gasteiger partial charge >= 0.3 is 0 Å². The zero-order valence-corrected chi connectivity index (χ0v) is 14.5. The summed E-state index contributed by atoms with van der Waals surface area (Å²) in [4.78, 5) is 19.5. The van der Waals surface area contributed by atoms with Gasteiger partial charge in [-0.3, -0.25) is 9.48 Å². The van der Waals surface area contributed by atoms with Crippen LogP contribution in [0.15, 0.2) is 18.6 Å². The molecule has 0 aromatic carbocycles. The smallest absolute Gasteiger partial charge is 0.257 e. The Labute approximate surface area is 142 Å². The lowest BCUT2D eigenvalue weighted by atomic mass is 10.0. The Kier molecular flexibility index (Phi) is 3.90. The lowest BCUT2D eigenvalue weighted by molar-refractivity contribution is 0.0676. The van der Waals surface area contributed by atoms with Crippen LogP contribution in [0.2, 0.25) is 0 Å². The van der Waals surface area contributed by atoms with E-state index in [0.29, 0.717) is 12.0 Å². The lowest BCUT2D eigenvalue weighted by Gasteiger charge is -2.34. The lowest BCUT2D eigenvalue weighted by Crippen LogP contribution is -2.41. The highest BCUT2D eigenvalue weighted by molar-refractivity contribution is 5.95. The maximum absolute atomic E-state index is 13.1. The van der Waals surface area contributed by atoms with Gasteiger partial charge in [-0.25, -0.2) is 4.98 Å². The number of carbonyl (C=O) groups excluding carboxylic acids is 1. The molecule has 1 atom stereocenters. The summed E-state index contributed by atoms with van der Waals surface area (Å²) < 4.78 is 4.14. The third-order valence-corrected chi connectivity index (χ3v) is 5.32. The van der Waals surface area contributed by atoms with E-state index in [0.717, 1.165) is 49.4 Å². The van der Waals surface area contributed by atoms with Crippen LogP contribution >= 0.6 is 0 Å². The molecule has 4 rings (SSSR count). The number of imidazole rings is 1. The van der Waals surface area contributed by atoms with Crippen LogP contribution in [0.4, 0.5) is 0 Å². The van der Waals surface area contributed by atoms with Crippen LogP contribution in [0.25, 0.3) is 0 Å². The van der Waals surface area contributed by atoms with Gasteiger partial charge in [0.15, 0.2) is 0 Å². The van der Waals surface area contributed by atoms with Gasteiger partial charge in [-0.15, -0.1) is 0 Å². The van der Waals surface area contributed by atoms with Crippen molar-refractivity contribution in [2.45, 2.75) is 51.0 Å². The first-order chi connectivity index (χ1) is 11.7. The highest BCUT2D eigenvalue weighted by Gasteiger charge is 2.34. The van der Waals surface area contributed by atoms with E-state index in [2.05, 4.69) is 27.8 Å². The second kappa shape index (κ2) is 6.07. The maximum Gasteiger partial charge on any atom is 0.257 e. The predicted octanol–water partition coefficient (Wildman–Crippen LogP) is 2.53. The minimum atomic E-state index is 0.146. The van der Waals surface area contributed by atoms with Crippen LogP contribution in [0.5, 0.6) is 0 Å². The number of hydrogen-bond donors (Lipinski definition) is 0. The molecule has 6 nitrogen and oxygen atoms in total. The zero-order chi connectivity index (χ0) is 16.7. The molecule has 6 heteroatoms. The van der Waals surface area contributed by atoms with Crippen molar-refractivity contribution in [3.8, 4) is 0 Å². The molecule has 2 fully saturated rings. The molecule has 0 radical (unpaired) electrons. The van der Waals surface area contributed by atoms with Gasteiger partial charge in [-0.2, -0.15) is 5.10 Å². The van der Waals surface area contributed by atoms with Gasteiger partial charge < -0.3 is 9.47 Å². The Hall–Kier alpha value is -2.11. The van der Waals surface area contributed by atoms with Crippen molar-refractivity contribution >= 4 is 5.91 Å². The van der Waals surface area contributed by atoms with Crippen molar-refractivity contribution in [3.63, 3.8) is 0 Å². The molecule has 24 heavy (non-hydrogen) atoms. The summed E-state index contributed by atoms with van der Waals surface area (Å²) in [5, 5.41) is 4.34. The summed E-state index contributed by atoms with van der Waals surface area (Å²) in [6, 6.07) is 0.334. The van der Waals surface area contributed by atoms with Crippen molar-refractivity contribution in [1.29, 1.82) is 0 Å². The monoisotopic (exact) mass is 327 g/mol. The molecule has 1 aliphatic heterocycles. The van der Waals surface area contributed by atoms with Crippen LogP contribution in [0, 0.1) is 0 Å². The van der Waals surface area contributed by atoms with Crippen molar-refractivity contribution in [3.05, 3.63) is 35.7 Å². The summed E-state index contributed by atoms with van der Waals surface area (Å²) in [6.07, 6.45) is 11.1. The number of hydrogen-bond acceptors (Lipinski definition) is 3. The maximum atomic E-state index is 13.1. The molecule has 1 saturated carbocycles. The summed E-state index contributed by atoms with van der Waals surface area (Å²) in [5.41, 5.74) is 1.93. The van der Waals surface area contributed by atoms with E-state index < -0.39 is 0 Å². The Morgan fingerprint density at radius 1 is 1.33 bits per heavy atom.